The number of nitrogens with zero attached hydrogens (tertiary/aromatic N) is 3. The maximum atomic E-state index is 12.1. The van der Waals surface area contributed by atoms with Crippen molar-refractivity contribution < 1.29 is 21.6 Å². The molecular formula is C6H9F3N4O2S. The summed E-state index contributed by atoms with van der Waals surface area (Å²) in [6.45, 7) is 1.46. The van der Waals surface area contributed by atoms with Crippen LogP contribution in [0.2, 0.25) is 0 Å². The first-order valence-corrected chi connectivity index (χ1v) is 5.71. The van der Waals surface area contributed by atoms with Crippen molar-refractivity contribution in [2.45, 2.75) is 31.2 Å². The van der Waals surface area contributed by atoms with Crippen LogP contribution in [0.4, 0.5) is 13.2 Å². The van der Waals surface area contributed by atoms with E-state index in [1.807, 2.05) is 0 Å². The van der Waals surface area contributed by atoms with E-state index < -0.39 is 33.6 Å². The van der Waals surface area contributed by atoms with Crippen LogP contribution in [0.15, 0.2) is 5.16 Å². The zero-order valence-electron chi connectivity index (χ0n) is 8.19. The SMILES string of the molecule is CCn1c(CC(F)(F)F)nnc1S(N)(=O)=O. The van der Waals surface area contributed by atoms with Crippen molar-refractivity contribution >= 4 is 10.0 Å². The molecule has 1 aromatic heterocycles. The molecule has 0 aliphatic rings. The molecule has 1 heterocycles. The van der Waals surface area contributed by atoms with E-state index in [0.29, 0.717) is 0 Å². The summed E-state index contributed by atoms with van der Waals surface area (Å²) < 4.78 is 59.1. The first kappa shape index (κ1) is 12.9. The lowest BCUT2D eigenvalue weighted by Crippen LogP contribution is -2.21. The minimum absolute atomic E-state index is 0.00975. The summed E-state index contributed by atoms with van der Waals surface area (Å²) in [5.74, 6) is -0.473. The van der Waals surface area contributed by atoms with Crippen molar-refractivity contribution in [1.82, 2.24) is 14.8 Å². The average molecular weight is 258 g/mol. The van der Waals surface area contributed by atoms with Crippen LogP contribution in [-0.4, -0.2) is 29.4 Å². The van der Waals surface area contributed by atoms with Gasteiger partial charge in [-0.3, -0.25) is 0 Å². The fourth-order valence-corrected chi connectivity index (χ4v) is 1.85. The van der Waals surface area contributed by atoms with E-state index in [9.17, 15) is 21.6 Å². The Hall–Kier alpha value is -1.16. The smallest absolute Gasteiger partial charge is 0.301 e. The van der Waals surface area contributed by atoms with Crippen molar-refractivity contribution in [3.05, 3.63) is 5.82 Å². The molecule has 0 aliphatic carbocycles. The normalized spacial score (nSPS) is 13.1. The van der Waals surface area contributed by atoms with Gasteiger partial charge in [-0.15, -0.1) is 10.2 Å². The zero-order chi connectivity index (χ0) is 12.6. The molecule has 0 saturated carbocycles. The van der Waals surface area contributed by atoms with Gasteiger partial charge in [0.25, 0.3) is 15.2 Å². The maximum Gasteiger partial charge on any atom is 0.396 e. The number of sulfonamides is 1. The standard InChI is InChI=1S/C6H9F3N4O2S/c1-2-13-4(3-6(7,8)9)11-12-5(13)16(10,14)15/h2-3H2,1H3,(H2,10,14,15). The largest absolute Gasteiger partial charge is 0.396 e. The molecule has 0 aromatic carbocycles. The van der Waals surface area contributed by atoms with E-state index in [1.165, 1.54) is 6.92 Å². The van der Waals surface area contributed by atoms with Crippen molar-refractivity contribution in [2.24, 2.45) is 5.14 Å². The fraction of sp³-hybridized carbons (Fsp3) is 0.667. The minimum atomic E-state index is -4.48. The molecule has 0 radical (unpaired) electrons. The van der Waals surface area contributed by atoms with Crippen LogP contribution >= 0.6 is 0 Å². The molecule has 0 aliphatic heterocycles. The molecule has 0 unspecified atom stereocenters. The van der Waals surface area contributed by atoms with Gasteiger partial charge < -0.3 is 4.57 Å². The molecule has 1 rings (SSSR count). The molecule has 0 atom stereocenters. The van der Waals surface area contributed by atoms with Gasteiger partial charge in [-0.25, -0.2) is 13.6 Å². The first-order valence-electron chi connectivity index (χ1n) is 4.16. The Balaban J connectivity index is 3.20. The highest BCUT2D eigenvalue weighted by Gasteiger charge is 2.32. The van der Waals surface area contributed by atoms with Crippen molar-refractivity contribution in [1.29, 1.82) is 0 Å². The molecule has 1 aromatic rings. The molecule has 92 valence electrons. The molecule has 6 nitrogen and oxygen atoms in total. The molecule has 2 N–H and O–H groups in total. The Morgan fingerprint density at radius 3 is 2.31 bits per heavy atom. The Kier molecular flexibility index (Phi) is 3.24. The molecular weight excluding hydrogens is 249 g/mol. The number of rotatable bonds is 3. The summed E-state index contributed by atoms with van der Waals surface area (Å²) in [5, 5.41) is 10.4. The number of hydrogen-bond acceptors (Lipinski definition) is 4. The summed E-state index contributed by atoms with van der Waals surface area (Å²) >= 11 is 0. The van der Waals surface area contributed by atoms with Crippen molar-refractivity contribution in [2.75, 3.05) is 0 Å². The van der Waals surface area contributed by atoms with Gasteiger partial charge in [0.2, 0.25) is 0 Å². The van der Waals surface area contributed by atoms with E-state index in [1.54, 1.807) is 0 Å². The van der Waals surface area contributed by atoms with E-state index >= 15 is 0 Å². The number of halogens is 3. The Morgan fingerprint density at radius 1 is 1.38 bits per heavy atom. The minimum Gasteiger partial charge on any atom is -0.301 e. The number of aromatic nitrogens is 3. The van der Waals surface area contributed by atoms with Crippen LogP contribution < -0.4 is 5.14 Å². The summed E-state index contributed by atoms with van der Waals surface area (Å²) in [6.07, 6.45) is -5.82. The predicted octanol–water partition coefficient (Wildman–Crippen LogP) is 0.0502. The second-order valence-electron chi connectivity index (χ2n) is 2.98. The first-order chi connectivity index (χ1) is 7.15. The third-order valence-corrected chi connectivity index (χ3v) is 2.53. The Morgan fingerprint density at radius 2 is 1.94 bits per heavy atom. The van der Waals surface area contributed by atoms with Crippen molar-refractivity contribution in [3.63, 3.8) is 0 Å². The molecule has 10 heteroatoms. The lowest BCUT2D eigenvalue weighted by molar-refractivity contribution is -0.129. The number of hydrogen-bond donors (Lipinski definition) is 1. The van der Waals surface area contributed by atoms with Crippen LogP contribution in [0, 0.1) is 0 Å². The van der Waals surface area contributed by atoms with E-state index in [2.05, 4.69) is 10.2 Å². The monoisotopic (exact) mass is 258 g/mol. The van der Waals surface area contributed by atoms with Crippen LogP contribution in [0.3, 0.4) is 0 Å². The molecule has 0 amide bonds. The predicted molar refractivity (Wildman–Crippen MR) is 46.8 cm³/mol. The van der Waals surface area contributed by atoms with Gasteiger partial charge in [-0.1, -0.05) is 0 Å². The number of alkyl halides is 3. The van der Waals surface area contributed by atoms with E-state index in [4.69, 9.17) is 5.14 Å². The lowest BCUT2D eigenvalue weighted by atomic mass is 10.4. The lowest BCUT2D eigenvalue weighted by Gasteiger charge is -2.08. The van der Waals surface area contributed by atoms with E-state index in [-0.39, 0.29) is 6.54 Å². The third-order valence-electron chi connectivity index (χ3n) is 1.72. The van der Waals surface area contributed by atoms with E-state index in [0.717, 1.165) is 4.57 Å². The highest BCUT2D eigenvalue weighted by molar-refractivity contribution is 7.89. The number of nitrogens with two attached hydrogens (primary N) is 1. The number of primary sulfonamides is 1. The molecule has 0 spiro atoms. The Labute approximate surface area is 89.3 Å². The zero-order valence-corrected chi connectivity index (χ0v) is 9.01. The molecule has 0 bridgehead atoms. The van der Waals surface area contributed by atoms with Crippen molar-refractivity contribution in [3.8, 4) is 0 Å². The molecule has 0 fully saturated rings. The summed E-state index contributed by atoms with van der Waals surface area (Å²) in [6, 6.07) is 0. The van der Waals surface area contributed by atoms with Gasteiger partial charge in [0.15, 0.2) is 0 Å². The molecule has 0 saturated heterocycles. The summed E-state index contributed by atoms with van der Waals surface area (Å²) in [7, 11) is -4.16. The Bertz CT molecular complexity index is 478. The van der Waals surface area contributed by atoms with Crippen LogP contribution in [0.1, 0.15) is 12.7 Å². The maximum absolute atomic E-state index is 12.1. The van der Waals surface area contributed by atoms with Gasteiger partial charge in [0.05, 0.1) is 0 Å². The highest BCUT2D eigenvalue weighted by Crippen LogP contribution is 2.21. The van der Waals surface area contributed by atoms with Gasteiger partial charge in [0, 0.05) is 6.54 Å². The van der Waals surface area contributed by atoms with Crippen LogP contribution in [-0.2, 0) is 23.0 Å². The third kappa shape index (κ3) is 2.92. The van der Waals surface area contributed by atoms with Gasteiger partial charge in [0.1, 0.15) is 12.2 Å². The van der Waals surface area contributed by atoms with Gasteiger partial charge in [-0.2, -0.15) is 13.2 Å². The fourth-order valence-electron chi connectivity index (χ4n) is 1.16. The quantitative estimate of drug-likeness (QED) is 0.829. The highest BCUT2D eigenvalue weighted by atomic mass is 32.2. The van der Waals surface area contributed by atoms with Crippen LogP contribution in [0.25, 0.3) is 0 Å². The summed E-state index contributed by atoms with van der Waals surface area (Å²) in [5.41, 5.74) is 0. The average Bonchev–Trinajstić information content (AvgIpc) is 2.43. The topological polar surface area (TPSA) is 90.9 Å². The van der Waals surface area contributed by atoms with Crippen LogP contribution in [0.5, 0.6) is 0 Å². The summed E-state index contributed by atoms with van der Waals surface area (Å²) in [4.78, 5) is 0. The second kappa shape index (κ2) is 4.01. The van der Waals surface area contributed by atoms with Gasteiger partial charge >= 0.3 is 6.18 Å². The molecule has 16 heavy (non-hydrogen) atoms. The second-order valence-corrected chi connectivity index (χ2v) is 4.44. The van der Waals surface area contributed by atoms with Gasteiger partial charge in [-0.05, 0) is 6.92 Å².